The van der Waals surface area contributed by atoms with Crippen LogP contribution in [0.2, 0.25) is 5.02 Å². The number of nitrogens with zero attached hydrogens (tertiary/aromatic N) is 1. The Balaban J connectivity index is 1.78. The van der Waals surface area contributed by atoms with E-state index in [9.17, 15) is 9.59 Å². The summed E-state index contributed by atoms with van der Waals surface area (Å²) in [6, 6.07) is 7.19. The van der Waals surface area contributed by atoms with E-state index in [0.29, 0.717) is 23.7 Å². The first-order valence-electron chi connectivity index (χ1n) is 7.13. The molecule has 6 nitrogen and oxygen atoms in total. The molecule has 0 fully saturated rings. The highest BCUT2D eigenvalue weighted by Gasteiger charge is 2.28. The Morgan fingerprint density at radius 1 is 1.32 bits per heavy atom. The molecule has 0 aromatic heterocycles. The zero-order valence-electron chi connectivity index (χ0n) is 12.3. The van der Waals surface area contributed by atoms with Crippen LogP contribution in [0.4, 0.5) is 0 Å². The van der Waals surface area contributed by atoms with Gasteiger partial charge in [-0.25, -0.2) is 0 Å². The van der Waals surface area contributed by atoms with Crippen LogP contribution in [0.5, 0.6) is 0 Å². The van der Waals surface area contributed by atoms with Gasteiger partial charge in [-0.3, -0.25) is 9.59 Å². The van der Waals surface area contributed by atoms with E-state index in [1.165, 1.54) is 0 Å². The first-order chi connectivity index (χ1) is 10.6. The lowest BCUT2D eigenvalue weighted by Gasteiger charge is -2.09. The maximum Gasteiger partial charge on any atom is 0.264 e. The lowest BCUT2D eigenvalue weighted by atomic mass is 10.0. The molecule has 2 N–H and O–H groups in total. The van der Waals surface area contributed by atoms with Crippen molar-refractivity contribution in [2.45, 2.75) is 25.9 Å². The van der Waals surface area contributed by atoms with E-state index in [4.69, 9.17) is 16.4 Å². The molecule has 1 atom stereocenters. The highest BCUT2D eigenvalue weighted by molar-refractivity contribution is 6.30. The quantitative estimate of drug-likeness (QED) is 0.832. The molecule has 1 heterocycles. The predicted molar refractivity (Wildman–Crippen MR) is 83.8 cm³/mol. The second kappa shape index (κ2) is 7.79. The Morgan fingerprint density at radius 2 is 2.05 bits per heavy atom. The molecule has 7 heteroatoms. The minimum atomic E-state index is -0.653. The second-order valence-corrected chi connectivity index (χ2v) is 5.27. The second-order valence-electron chi connectivity index (χ2n) is 4.84. The highest BCUT2D eigenvalue weighted by Crippen LogP contribution is 2.18. The Bertz CT molecular complexity index is 572. The van der Waals surface area contributed by atoms with E-state index in [1.54, 1.807) is 12.1 Å². The fourth-order valence-electron chi connectivity index (χ4n) is 2.03. The summed E-state index contributed by atoms with van der Waals surface area (Å²) in [6.45, 7) is 2.70. The molecule has 0 aliphatic carbocycles. The smallest absolute Gasteiger partial charge is 0.264 e. The van der Waals surface area contributed by atoms with Gasteiger partial charge in [0, 0.05) is 31.0 Å². The molecule has 0 saturated heterocycles. The van der Waals surface area contributed by atoms with E-state index in [-0.39, 0.29) is 24.8 Å². The number of hydrogen-bond donors (Lipinski definition) is 2. The van der Waals surface area contributed by atoms with Crippen LogP contribution in [-0.4, -0.2) is 36.7 Å². The molecule has 22 heavy (non-hydrogen) atoms. The van der Waals surface area contributed by atoms with E-state index >= 15 is 0 Å². The van der Waals surface area contributed by atoms with Crippen molar-refractivity contribution in [3.05, 3.63) is 34.9 Å². The van der Waals surface area contributed by atoms with Crippen molar-refractivity contribution in [2.24, 2.45) is 5.16 Å². The van der Waals surface area contributed by atoms with E-state index in [1.807, 2.05) is 19.1 Å². The van der Waals surface area contributed by atoms with Crippen molar-refractivity contribution in [3.8, 4) is 0 Å². The number of carbonyl (C=O) groups is 2. The number of hydrogen-bond acceptors (Lipinski definition) is 4. The van der Waals surface area contributed by atoms with E-state index in [2.05, 4.69) is 15.8 Å². The number of amides is 2. The van der Waals surface area contributed by atoms with Crippen molar-refractivity contribution in [1.29, 1.82) is 0 Å². The average molecular weight is 324 g/mol. The maximum atomic E-state index is 12.0. The minimum absolute atomic E-state index is 0.0896. The summed E-state index contributed by atoms with van der Waals surface area (Å²) in [6.07, 6.45) is -0.00819. The van der Waals surface area contributed by atoms with Gasteiger partial charge in [-0.15, -0.1) is 0 Å². The van der Waals surface area contributed by atoms with Gasteiger partial charge in [-0.1, -0.05) is 28.9 Å². The van der Waals surface area contributed by atoms with Crippen LogP contribution >= 0.6 is 11.6 Å². The third-order valence-electron chi connectivity index (χ3n) is 3.16. The SMILES string of the molecule is CCNC(=O)CCNC(=O)C1CC(c2ccc(Cl)cc2)=NO1. The van der Waals surface area contributed by atoms with Gasteiger partial charge >= 0.3 is 0 Å². The van der Waals surface area contributed by atoms with Crippen molar-refractivity contribution in [1.82, 2.24) is 10.6 Å². The molecule has 1 aromatic rings. The van der Waals surface area contributed by atoms with Gasteiger partial charge in [0.1, 0.15) is 0 Å². The number of benzene rings is 1. The average Bonchev–Trinajstić information content (AvgIpc) is 2.98. The predicted octanol–water partition coefficient (Wildman–Crippen LogP) is 1.48. The lowest BCUT2D eigenvalue weighted by molar-refractivity contribution is -0.131. The monoisotopic (exact) mass is 323 g/mol. The molecule has 1 aliphatic rings. The molecule has 1 aliphatic heterocycles. The zero-order valence-corrected chi connectivity index (χ0v) is 13.0. The molecule has 0 saturated carbocycles. The van der Waals surface area contributed by atoms with Gasteiger partial charge in [0.2, 0.25) is 12.0 Å². The van der Waals surface area contributed by atoms with Gasteiger partial charge in [0.15, 0.2) is 0 Å². The zero-order chi connectivity index (χ0) is 15.9. The summed E-state index contributed by atoms with van der Waals surface area (Å²) in [5, 5.41) is 9.93. The van der Waals surface area contributed by atoms with Gasteiger partial charge in [0.25, 0.3) is 5.91 Å². The Morgan fingerprint density at radius 3 is 2.73 bits per heavy atom. The van der Waals surface area contributed by atoms with Crippen molar-refractivity contribution >= 4 is 29.1 Å². The number of halogens is 1. The standard InChI is InChI=1S/C15H18ClN3O3/c1-2-17-14(20)7-8-18-15(21)13-9-12(19-22-13)10-3-5-11(16)6-4-10/h3-6,13H,2,7-9H2,1H3,(H,17,20)(H,18,21). The molecule has 0 bridgehead atoms. The Hall–Kier alpha value is -2.08. The third-order valence-corrected chi connectivity index (χ3v) is 3.42. The van der Waals surface area contributed by atoms with Crippen LogP contribution in [0.15, 0.2) is 29.4 Å². The highest BCUT2D eigenvalue weighted by atomic mass is 35.5. The largest absolute Gasteiger partial charge is 0.382 e. The van der Waals surface area contributed by atoms with Gasteiger partial charge in [-0.2, -0.15) is 0 Å². The van der Waals surface area contributed by atoms with Crippen molar-refractivity contribution in [3.63, 3.8) is 0 Å². The summed E-state index contributed by atoms with van der Waals surface area (Å²) in [5.41, 5.74) is 1.59. The first kappa shape index (κ1) is 16.3. The van der Waals surface area contributed by atoms with Gasteiger partial charge < -0.3 is 15.5 Å². The van der Waals surface area contributed by atoms with Crippen molar-refractivity contribution in [2.75, 3.05) is 13.1 Å². The molecule has 2 amide bonds. The normalized spacial score (nSPS) is 16.6. The molecule has 118 valence electrons. The summed E-state index contributed by atoms with van der Waals surface area (Å²) in [7, 11) is 0. The van der Waals surface area contributed by atoms with Crippen LogP contribution in [0.1, 0.15) is 25.3 Å². The molecule has 0 spiro atoms. The summed E-state index contributed by atoms with van der Waals surface area (Å²) >= 11 is 5.83. The fraction of sp³-hybridized carbons (Fsp3) is 0.400. The molecular formula is C15H18ClN3O3. The van der Waals surface area contributed by atoms with Crippen LogP contribution in [0, 0.1) is 0 Å². The van der Waals surface area contributed by atoms with E-state index in [0.717, 1.165) is 5.56 Å². The van der Waals surface area contributed by atoms with Crippen LogP contribution in [-0.2, 0) is 14.4 Å². The number of rotatable bonds is 6. The van der Waals surface area contributed by atoms with Crippen LogP contribution < -0.4 is 10.6 Å². The fourth-order valence-corrected chi connectivity index (χ4v) is 2.16. The van der Waals surface area contributed by atoms with Gasteiger partial charge in [-0.05, 0) is 24.6 Å². The van der Waals surface area contributed by atoms with Gasteiger partial charge in [0.05, 0.1) is 5.71 Å². The number of nitrogens with one attached hydrogen (secondary N) is 2. The third kappa shape index (κ3) is 4.46. The van der Waals surface area contributed by atoms with Crippen LogP contribution in [0.3, 0.4) is 0 Å². The van der Waals surface area contributed by atoms with E-state index < -0.39 is 6.10 Å². The maximum absolute atomic E-state index is 12.0. The Kier molecular flexibility index (Phi) is 5.77. The van der Waals surface area contributed by atoms with Crippen molar-refractivity contribution < 1.29 is 14.4 Å². The Labute approximate surface area is 133 Å². The summed E-state index contributed by atoms with van der Waals surface area (Å²) in [4.78, 5) is 28.4. The molecule has 0 radical (unpaired) electrons. The first-order valence-corrected chi connectivity index (χ1v) is 7.51. The van der Waals surface area contributed by atoms with Crippen LogP contribution in [0.25, 0.3) is 0 Å². The topological polar surface area (TPSA) is 79.8 Å². The molecule has 1 aromatic carbocycles. The summed E-state index contributed by atoms with van der Waals surface area (Å²) < 4.78 is 0. The summed E-state index contributed by atoms with van der Waals surface area (Å²) in [5.74, 6) is -0.356. The minimum Gasteiger partial charge on any atom is -0.382 e. The number of carbonyl (C=O) groups excluding carboxylic acids is 2. The number of oxime groups is 1. The molecule has 2 rings (SSSR count). The molecular weight excluding hydrogens is 306 g/mol. The molecule has 1 unspecified atom stereocenters. The lowest BCUT2D eigenvalue weighted by Crippen LogP contribution is -2.37.